The maximum absolute atomic E-state index is 10.3. The summed E-state index contributed by atoms with van der Waals surface area (Å²) >= 11 is 1.58. The summed E-state index contributed by atoms with van der Waals surface area (Å²) in [4.78, 5) is 0. The predicted molar refractivity (Wildman–Crippen MR) is 70.4 cm³/mol. The Bertz CT molecular complexity index is 522. The van der Waals surface area contributed by atoms with E-state index in [2.05, 4.69) is 0 Å². The Kier molecular flexibility index (Phi) is 3.21. The van der Waals surface area contributed by atoms with Crippen LogP contribution in [-0.2, 0) is 0 Å². The lowest BCUT2D eigenvalue weighted by Gasteiger charge is -2.13. The summed E-state index contributed by atoms with van der Waals surface area (Å²) in [6.07, 6.45) is 0.283. The fraction of sp³-hybridized carbons (Fsp3) is 0.286. The van der Waals surface area contributed by atoms with Gasteiger partial charge in [0.25, 0.3) is 0 Å². The molecule has 1 atom stereocenters. The largest absolute Gasteiger partial charge is 0.490 e. The molecule has 4 heteroatoms. The highest BCUT2D eigenvalue weighted by Gasteiger charge is 2.16. The fourth-order valence-electron chi connectivity index (χ4n) is 1.97. The lowest BCUT2D eigenvalue weighted by atomic mass is 10.0. The van der Waals surface area contributed by atoms with Gasteiger partial charge in [0, 0.05) is 6.42 Å². The van der Waals surface area contributed by atoms with Crippen LogP contribution in [0.15, 0.2) is 35.0 Å². The van der Waals surface area contributed by atoms with Crippen LogP contribution >= 0.6 is 11.3 Å². The average Bonchev–Trinajstić information content (AvgIpc) is 2.83. The molecule has 94 valence electrons. The molecule has 0 spiro atoms. The van der Waals surface area contributed by atoms with Crippen molar-refractivity contribution < 1.29 is 14.6 Å². The Morgan fingerprint density at radius 2 is 1.89 bits per heavy atom. The molecule has 0 amide bonds. The molecule has 1 unspecified atom stereocenters. The van der Waals surface area contributed by atoms with Gasteiger partial charge in [-0.1, -0.05) is 6.07 Å². The van der Waals surface area contributed by atoms with Gasteiger partial charge in [0.05, 0.1) is 13.2 Å². The second-order valence-corrected chi connectivity index (χ2v) is 5.00. The van der Waals surface area contributed by atoms with Crippen molar-refractivity contribution >= 4 is 11.3 Å². The molecule has 1 aliphatic rings. The maximum atomic E-state index is 10.3. The van der Waals surface area contributed by atoms with Crippen LogP contribution in [0.5, 0.6) is 11.5 Å². The summed E-state index contributed by atoms with van der Waals surface area (Å²) in [7, 11) is 0. The SMILES string of the molecule is OC(c1ccsc1)c1ccc2c(c1)OCCCO2. The molecule has 18 heavy (non-hydrogen) atoms. The van der Waals surface area contributed by atoms with Crippen LogP contribution in [0.3, 0.4) is 0 Å². The van der Waals surface area contributed by atoms with Gasteiger partial charge >= 0.3 is 0 Å². The van der Waals surface area contributed by atoms with Crippen molar-refractivity contribution in [3.8, 4) is 11.5 Å². The number of hydrogen-bond acceptors (Lipinski definition) is 4. The van der Waals surface area contributed by atoms with Gasteiger partial charge in [-0.05, 0) is 40.1 Å². The number of benzene rings is 1. The van der Waals surface area contributed by atoms with Gasteiger partial charge in [-0.3, -0.25) is 0 Å². The molecule has 3 nitrogen and oxygen atoms in total. The van der Waals surface area contributed by atoms with Gasteiger partial charge in [-0.25, -0.2) is 0 Å². The van der Waals surface area contributed by atoms with E-state index in [0.29, 0.717) is 13.2 Å². The molecule has 2 aromatic rings. The van der Waals surface area contributed by atoms with Gasteiger partial charge < -0.3 is 14.6 Å². The van der Waals surface area contributed by atoms with Gasteiger partial charge in [-0.2, -0.15) is 11.3 Å². The summed E-state index contributed by atoms with van der Waals surface area (Å²) in [6.45, 7) is 1.34. The molecule has 1 aromatic heterocycles. The highest BCUT2D eigenvalue weighted by atomic mass is 32.1. The second kappa shape index (κ2) is 5.00. The molecular weight excluding hydrogens is 248 g/mol. The van der Waals surface area contributed by atoms with Crippen molar-refractivity contribution in [2.45, 2.75) is 12.5 Å². The number of aliphatic hydroxyl groups excluding tert-OH is 1. The third-order valence-corrected chi connectivity index (χ3v) is 3.65. The maximum Gasteiger partial charge on any atom is 0.161 e. The van der Waals surface area contributed by atoms with Crippen LogP contribution in [0.1, 0.15) is 23.7 Å². The minimum Gasteiger partial charge on any atom is -0.490 e. The van der Waals surface area contributed by atoms with Crippen molar-refractivity contribution in [1.29, 1.82) is 0 Å². The molecule has 0 fully saturated rings. The molecule has 0 aliphatic carbocycles. The van der Waals surface area contributed by atoms with Crippen molar-refractivity contribution in [3.63, 3.8) is 0 Å². The van der Waals surface area contributed by atoms with E-state index in [9.17, 15) is 5.11 Å². The Morgan fingerprint density at radius 1 is 1.06 bits per heavy atom. The normalized spacial score (nSPS) is 16.1. The Hall–Kier alpha value is -1.52. The number of aliphatic hydroxyl groups is 1. The van der Waals surface area contributed by atoms with Crippen LogP contribution in [-0.4, -0.2) is 18.3 Å². The molecule has 2 heterocycles. The summed E-state index contributed by atoms with van der Waals surface area (Å²) < 4.78 is 11.2. The molecule has 1 aromatic carbocycles. The monoisotopic (exact) mass is 262 g/mol. The topological polar surface area (TPSA) is 38.7 Å². The van der Waals surface area contributed by atoms with E-state index >= 15 is 0 Å². The van der Waals surface area contributed by atoms with E-state index < -0.39 is 6.10 Å². The molecule has 3 rings (SSSR count). The van der Waals surface area contributed by atoms with E-state index in [-0.39, 0.29) is 0 Å². The first-order chi connectivity index (χ1) is 8.84. The van der Waals surface area contributed by atoms with Gasteiger partial charge in [0.2, 0.25) is 0 Å². The minimum atomic E-state index is -0.603. The van der Waals surface area contributed by atoms with Crippen molar-refractivity contribution in [2.75, 3.05) is 13.2 Å². The highest BCUT2D eigenvalue weighted by Crippen LogP contribution is 2.34. The molecule has 0 saturated carbocycles. The molecule has 0 bridgehead atoms. The van der Waals surface area contributed by atoms with E-state index in [0.717, 1.165) is 29.0 Å². The minimum absolute atomic E-state index is 0.603. The highest BCUT2D eigenvalue weighted by molar-refractivity contribution is 7.07. The van der Waals surface area contributed by atoms with E-state index in [4.69, 9.17) is 9.47 Å². The van der Waals surface area contributed by atoms with Gasteiger partial charge in [-0.15, -0.1) is 0 Å². The average molecular weight is 262 g/mol. The number of thiophene rings is 1. The number of fused-ring (bicyclic) bond motifs is 1. The molecule has 1 aliphatic heterocycles. The van der Waals surface area contributed by atoms with Crippen LogP contribution < -0.4 is 9.47 Å². The fourth-order valence-corrected chi connectivity index (χ4v) is 2.65. The predicted octanol–water partition coefficient (Wildman–Crippen LogP) is 2.99. The standard InChI is InChI=1S/C14H14O3S/c15-14(11-4-7-18-9-11)10-2-3-12-13(8-10)17-6-1-5-16-12/h2-4,7-9,14-15H,1,5-6H2. The summed E-state index contributed by atoms with van der Waals surface area (Å²) in [6, 6.07) is 7.54. The van der Waals surface area contributed by atoms with E-state index in [1.165, 1.54) is 0 Å². The quantitative estimate of drug-likeness (QED) is 0.904. The molecule has 0 saturated heterocycles. The van der Waals surface area contributed by atoms with Crippen molar-refractivity contribution in [2.24, 2.45) is 0 Å². The number of hydrogen-bond donors (Lipinski definition) is 1. The zero-order valence-corrected chi connectivity index (χ0v) is 10.7. The van der Waals surface area contributed by atoms with E-state index in [1.54, 1.807) is 11.3 Å². The van der Waals surface area contributed by atoms with Gasteiger partial charge in [0.15, 0.2) is 11.5 Å². The lowest BCUT2D eigenvalue weighted by molar-refractivity contribution is 0.220. The third kappa shape index (κ3) is 2.21. The number of ether oxygens (including phenoxy) is 2. The van der Waals surface area contributed by atoms with Gasteiger partial charge in [0.1, 0.15) is 6.10 Å². The Morgan fingerprint density at radius 3 is 2.67 bits per heavy atom. The Balaban J connectivity index is 1.92. The smallest absolute Gasteiger partial charge is 0.161 e. The van der Waals surface area contributed by atoms with E-state index in [1.807, 2.05) is 35.0 Å². The van der Waals surface area contributed by atoms with Crippen molar-refractivity contribution in [3.05, 3.63) is 46.2 Å². The van der Waals surface area contributed by atoms with Crippen LogP contribution in [0.25, 0.3) is 0 Å². The summed E-state index contributed by atoms with van der Waals surface area (Å²) in [5, 5.41) is 14.2. The van der Waals surface area contributed by atoms with Crippen LogP contribution in [0, 0.1) is 0 Å². The summed E-state index contributed by atoms with van der Waals surface area (Å²) in [5.41, 5.74) is 1.74. The summed E-state index contributed by atoms with van der Waals surface area (Å²) in [5.74, 6) is 1.48. The zero-order valence-electron chi connectivity index (χ0n) is 9.83. The molecule has 1 N–H and O–H groups in total. The van der Waals surface area contributed by atoms with Crippen molar-refractivity contribution in [1.82, 2.24) is 0 Å². The number of rotatable bonds is 2. The Labute approximate surface area is 110 Å². The first kappa shape index (κ1) is 11.6. The second-order valence-electron chi connectivity index (χ2n) is 4.22. The zero-order chi connectivity index (χ0) is 12.4. The molecule has 0 radical (unpaired) electrons. The first-order valence-electron chi connectivity index (χ1n) is 5.94. The van der Waals surface area contributed by atoms with Crippen LogP contribution in [0.2, 0.25) is 0 Å². The first-order valence-corrected chi connectivity index (χ1v) is 6.88. The third-order valence-electron chi connectivity index (χ3n) is 2.95. The van der Waals surface area contributed by atoms with Crippen LogP contribution in [0.4, 0.5) is 0 Å². The molecular formula is C14H14O3S. The lowest BCUT2D eigenvalue weighted by Crippen LogP contribution is -1.99.